The SMILES string of the molecule is N#Cc1cc(F)ccc1OC1CCN(CCC2CCCCC2CC(N)=O)CC1. The van der Waals surface area contributed by atoms with Gasteiger partial charge in [0, 0.05) is 19.5 Å². The number of ether oxygens (including phenoxy) is 1. The molecule has 3 rings (SSSR count). The first-order chi connectivity index (χ1) is 13.5. The predicted octanol–water partition coefficient (Wildman–Crippen LogP) is 3.61. The minimum atomic E-state index is -0.420. The lowest BCUT2D eigenvalue weighted by Gasteiger charge is -2.35. The Hall–Kier alpha value is -2.13. The molecule has 1 saturated carbocycles. The van der Waals surface area contributed by atoms with E-state index in [1.165, 1.54) is 31.4 Å². The lowest BCUT2D eigenvalue weighted by atomic mass is 9.75. The molecule has 2 unspecified atom stereocenters. The number of nitriles is 1. The van der Waals surface area contributed by atoms with Gasteiger partial charge in [0.05, 0.1) is 5.56 Å². The van der Waals surface area contributed by atoms with Crippen molar-refractivity contribution in [2.24, 2.45) is 17.6 Å². The number of rotatable bonds is 7. The quantitative estimate of drug-likeness (QED) is 0.775. The maximum Gasteiger partial charge on any atom is 0.217 e. The van der Waals surface area contributed by atoms with E-state index < -0.39 is 5.82 Å². The molecule has 6 heteroatoms. The Bertz CT molecular complexity index is 710. The van der Waals surface area contributed by atoms with E-state index in [1.807, 2.05) is 6.07 Å². The summed E-state index contributed by atoms with van der Waals surface area (Å²) in [5, 5.41) is 9.15. The van der Waals surface area contributed by atoms with Crippen LogP contribution in [0.25, 0.3) is 0 Å². The van der Waals surface area contributed by atoms with Crippen molar-refractivity contribution < 1.29 is 13.9 Å². The minimum Gasteiger partial charge on any atom is -0.489 e. The molecule has 28 heavy (non-hydrogen) atoms. The second kappa shape index (κ2) is 9.88. The number of amides is 1. The van der Waals surface area contributed by atoms with E-state index in [4.69, 9.17) is 15.7 Å². The monoisotopic (exact) mass is 387 g/mol. The molecule has 1 amide bonds. The molecule has 2 fully saturated rings. The number of carbonyl (C=O) groups is 1. The minimum absolute atomic E-state index is 0.0612. The molecule has 2 atom stereocenters. The number of hydrogen-bond acceptors (Lipinski definition) is 4. The molecule has 1 heterocycles. The fourth-order valence-corrected chi connectivity index (χ4v) is 4.66. The highest BCUT2D eigenvalue weighted by Crippen LogP contribution is 2.35. The number of benzene rings is 1. The summed E-state index contributed by atoms with van der Waals surface area (Å²) in [6, 6.07) is 6.10. The highest BCUT2D eigenvalue weighted by Gasteiger charge is 2.28. The molecule has 0 radical (unpaired) electrons. The zero-order chi connectivity index (χ0) is 19.9. The van der Waals surface area contributed by atoms with E-state index in [1.54, 1.807) is 6.07 Å². The van der Waals surface area contributed by atoms with Crippen LogP contribution in [0.5, 0.6) is 5.75 Å². The average Bonchev–Trinajstić information content (AvgIpc) is 2.69. The van der Waals surface area contributed by atoms with E-state index in [-0.39, 0.29) is 17.6 Å². The Morgan fingerprint density at radius 2 is 1.93 bits per heavy atom. The van der Waals surface area contributed by atoms with Gasteiger partial charge in [-0.2, -0.15) is 5.26 Å². The van der Waals surface area contributed by atoms with Gasteiger partial charge in [-0.1, -0.05) is 19.3 Å². The highest BCUT2D eigenvalue weighted by molar-refractivity contribution is 5.74. The summed E-state index contributed by atoms with van der Waals surface area (Å²) in [4.78, 5) is 13.8. The van der Waals surface area contributed by atoms with E-state index in [0.29, 0.717) is 24.0 Å². The van der Waals surface area contributed by atoms with Gasteiger partial charge in [0.1, 0.15) is 23.7 Å². The Balaban J connectivity index is 1.44. The summed E-state index contributed by atoms with van der Waals surface area (Å²) in [7, 11) is 0. The smallest absolute Gasteiger partial charge is 0.217 e. The molecule has 0 bridgehead atoms. The fourth-order valence-electron chi connectivity index (χ4n) is 4.66. The lowest BCUT2D eigenvalue weighted by Crippen LogP contribution is -2.39. The summed E-state index contributed by atoms with van der Waals surface area (Å²) in [6.07, 6.45) is 8.32. The fraction of sp³-hybridized carbons (Fsp3) is 0.636. The zero-order valence-electron chi connectivity index (χ0n) is 16.4. The predicted molar refractivity (Wildman–Crippen MR) is 105 cm³/mol. The van der Waals surface area contributed by atoms with Crippen LogP contribution < -0.4 is 10.5 Å². The molecule has 1 aromatic rings. The summed E-state index contributed by atoms with van der Waals surface area (Å²) >= 11 is 0. The largest absolute Gasteiger partial charge is 0.489 e. The Morgan fingerprint density at radius 1 is 1.21 bits per heavy atom. The topological polar surface area (TPSA) is 79.3 Å². The second-order valence-corrected chi connectivity index (χ2v) is 8.17. The van der Waals surface area contributed by atoms with Crippen molar-refractivity contribution in [2.75, 3.05) is 19.6 Å². The standard InChI is InChI=1S/C22H30FN3O2/c23-19-5-6-21(18(13-19)15-24)28-20-8-11-26(12-9-20)10-7-16-3-1-2-4-17(16)14-22(25)27/h5-6,13,16-17,20H,1-4,7-12,14H2,(H2,25,27). The Kier molecular flexibility index (Phi) is 7.27. The number of halogens is 1. The molecule has 5 nitrogen and oxygen atoms in total. The molecule has 2 N–H and O–H groups in total. The van der Waals surface area contributed by atoms with Crippen molar-refractivity contribution in [1.29, 1.82) is 5.26 Å². The normalized spacial score (nSPS) is 23.9. The first-order valence-corrected chi connectivity index (χ1v) is 10.4. The molecule has 0 spiro atoms. The van der Waals surface area contributed by atoms with Crippen LogP contribution in [0.4, 0.5) is 4.39 Å². The Labute approximate surface area is 166 Å². The van der Waals surface area contributed by atoms with Gasteiger partial charge in [0.15, 0.2) is 0 Å². The molecule has 0 aromatic heterocycles. The number of hydrogen-bond donors (Lipinski definition) is 1. The number of primary amides is 1. The van der Waals surface area contributed by atoms with Crippen molar-refractivity contribution in [3.63, 3.8) is 0 Å². The van der Waals surface area contributed by atoms with Crippen LogP contribution in [0.2, 0.25) is 0 Å². The lowest BCUT2D eigenvalue weighted by molar-refractivity contribution is -0.119. The number of nitrogens with two attached hydrogens (primary N) is 1. The van der Waals surface area contributed by atoms with Gasteiger partial charge in [-0.25, -0.2) is 4.39 Å². The van der Waals surface area contributed by atoms with Gasteiger partial charge in [-0.3, -0.25) is 4.79 Å². The number of likely N-dealkylation sites (tertiary alicyclic amines) is 1. The van der Waals surface area contributed by atoms with Crippen molar-refractivity contribution in [3.8, 4) is 11.8 Å². The number of piperidine rings is 1. The third kappa shape index (κ3) is 5.68. The van der Waals surface area contributed by atoms with Gasteiger partial charge in [0.25, 0.3) is 0 Å². The maximum atomic E-state index is 13.3. The van der Waals surface area contributed by atoms with E-state index in [9.17, 15) is 9.18 Å². The van der Waals surface area contributed by atoms with E-state index >= 15 is 0 Å². The third-order valence-corrected chi connectivity index (χ3v) is 6.24. The van der Waals surface area contributed by atoms with E-state index in [0.717, 1.165) is 45.3 Å². The van der Waals surface area contributed by atoms with Gasteiger partial charge in [-0.15, -0.1) is 0 Å². The number of carbonyl (C=O) groups excluding carboxylic acids is 1. The molecule has 1 aliphatic heterocycles. The maximum absolute atomic E-state index is 13.3. The molecule has 1 saturated heterocycles. The van der Waals surface area contributed by atoms with Crippen LogP contribution in [0.1, 0.15) is 56.9 Å². The highest BCUT2D eigenvalue weighted by atomic mass is 19.1. The van der Waals surface area contributed by atoms with Crippen molar-refractivity contribution in [1.82, 2.24) is 4.90 Å². The van der Waals surface area contributed by atoms with Crippen molar-refractivity contribution in [2.45, 2.75) is 57.5 Å². The van der Waals surface area contributed by atoms with Crippen LogP contribution >= 0.6 is 0 Å². The van der Waals surface area contributed by atoms with Crippen LogP contribution in [-0.4, -0.2) is 36.5 Å². The first kappa shape index (κ1) is 20.6. The molecular formula is C22H30FN3O2. The van der Waals surface area contributed by atoms with Crippen LogP contribution in [0.3, 0.4) is 0 Å². The van der Waals surface area contributed by atoms with Gasteiger partial charge in [0.2, 0.25) is 5.91 Å². The van der Waals surface area contributed by atoms with Crippen molar-refractivity contribution >= 4 is 5.91 Å². The van der Waals surface area contributed by atoms with E-state index in [2.05, 4.69) is 4.90 Å². The average molecular weight is 387 g/mol. The molecule has 152 valence electrons. The van der Waals surface area contributed by atoms with Crippen LogP contribution in [-0.2, 0) is 4.79 Å². The van der Waals surface area contributed by atoms with Gasteiger partial charge >= 0.3 is 0 Å². The summed E-state index contributed by atoms with van der Waals surface area (Å²) in [6.45, 7) is 2.97. The Morgan fingerprint density at radius 3 is 2.61 bits per heavy atom. The summed E-state index contributed by atoms with van der Waals surface area (Å²) < 4.78 is 19.2. The van der Waals surface area contributed by atoms with Crippen LogP contribution in [0.15, 0.2) is 18.2 Å². The van der Waals surface area contributed by atoms with Crippen molar-refractivity contribution in [3.05, 3.63) is 29.6 Å². The third-order valence-electron chi connectivity index (χ3n) is 6.24. The first-order valence-electron chi connectivity index (χ1n) is 10.4. The second-order valence-electron chi connectivity index (χ2n) is 8.17. The van der Waals surface area contributed by atoms with Crippen LogP contribution in [0, 0.1) is 29.0 Å². The summed E-state index contributed by atoms with van der Waals surface area (Å²) in [5.41, 5.74) is 5.68. The molecule has 1 aromatic carbocycles. The zero-order valence-corrected chi connectivity index (χ0v) is 16.4. The van der Waals surface area contributed by atoms with Gasteiger partial charge in [-0.05, 0) is 62.3 Å². The molecule has 1 aliphatic carbocycles. The number of nitrogens with zero attached hydrogens (tertiary/aromatic N) is 2. The van der Waals surface area contributed by atoms with Gasteiger partial charge < -0.3 is 15.4 Å². The molecular weight excluding hydrogens is 357 g/mol. The summed E-state index contributed by atoms with van der Waals surface area (Å²) in [5.74, 6) is 0.935. The molecule has 2 aliphatic rings.